The topological polar surface area (TPSA) is 111 Å². The monoisotopic (exact) mass is 463 g/mol. The fraction of sp³-hybridized carbons (Fsp3) is 0.591. The standard InChI is InChI=1S/C22H33N5O4S/c1-2-11-23-20(28)17-26-13-15-27(16-14-26)21(29)10-4-3-7-12-24-22-18-8-5-6-9-19(18)32(30,31)25-22/h5-6,8-9H,2-4,7,10-17H2,1H3,(H,23,28)(H,24,25). The largest absolute Gasteiger partial charge is 0.355 e. The molecule has 2 amide bonds. The highest BCUT2D eigenvalue weighted by Gasteiger charge is 2.29. The average Bonchev–Trinajstić information content (AvgIpc) is 3.05. The second kappa shape index (κ2) is 11.4. The maximum atomic E-state index is 12.4. The van der Waals surface area contributed by atoms with Crippen molar-refractivity contribution in [2.45, 2.75) is 43.9 Å². The number of aliphatic imine (C=N–C) groups is 1. The van der Waals surface area contributed by atoms with Crippen LogP contribution in [-0.2, 0) is 19.6 Å². The molecule has 10 heteroatoms. The lowest BCUT2D eigenvalue weighted by Gasteiger charge is -2.34. The summed E-state index contributed by atoms with van der Waals surface area (Å²) >= 11 is 0. The highest BCUT2D eigenvalue weighted by atomic mass is 32.2. The molecule has 2 aliphatic heterocycles. The number of carbonyl (C=O) groups is 2. The van der Waals surface area contributed by atoms with E-state index in [2.05, 4.69) is 19.9 Å². The smallest absolute Gasteiger partial charge is 0.263 e. The molecule has 2 N–H and O–H groups in total. The highest BCUT2D eigenvalue weighted by molar-refractivity contribution is 7.90. The number of fused-ring (bicyclic) bond motifs is 1. The van der Waals surface area contributed by atoms with Gasteiger partial charge in [0.2, 0.25) is 11.8 Å². The summed E-state index contributed by atoms with van der Waals surface area (Å²) in [5.41, 5.74) is 0.615. The van der Waals surface area contributed by atoms with Crippen molar-refractivity contribution in [3.05, 3.63) is 29.8 Å². The van der Waals surface area contributed by atoms with Crippen molar-refractivity contribution in [1.82, 2.24) is 19.8 Å². The molecule has 0 aromatic heterocycles. The lowest BCUT2D eigenvalue weighted by molar-refractivity contribution is -0.133. The van der Waals surface area contributed by atoms with E-state index < -0.39 is 10.0 Å². The molecule has 176 valence electrons. The minimum atomic E-state index is -3.50. The van der Waals surface area contributed by atoms with Gasteiger partial charge in [-0.2, -0.15) is 0 Å². The fourth-order valence-electron chi connectivity index (χ4n) is 3.84. The van der Waals surface area contributed by atoms with Crippen LogP contribution in [0.2, 0.25) is 0 Å². The summed E-state index contributed by atoms with van der Waals surface area (Å²) in [7, 11) is -3.50. The molecule has 2 aliphatic rings. The lowest BCUT2D eigenvalue weighted by atomic mass is 10.1. The molecule has 3 rings (SSSR count). The van der Waals surface area contributed by atoms with Gasteiger partial charge in [-0.15, -0.1) is 0 Å². The maximum Gasteiger partial charge on any atom is 0.263 e. The van der Waals surface area contributed by atoms with Gasteiger partial charge >= 0.3 is 0 Å². The lowest BCUT2D eigenvalue weighted by Crippen LogP contribution is -2.51. The minimum Gasteiger partial charge on any atom is -0.355 e. The van der Waals surface area contributed by atoms with Crippen molar-refractivity contribution in [2.75, 3.05) is 45.8 Å². The summed E-state index contributed by atoms with van der Waals surface area (Å²) in [5.74, 6) is 0.603. The van der Waals surface area contributed by atoms with Crippen molar-refractivity contribution in [3.8, 4) is 0 Å². The predicted octanol–water partition coefficient (Wildman–Crippen LogP) is 0.956. The van der Waals surface area contributed by atoms with Crippen molar-refractivity contribution in [2.24, 2.45) is 4.99 Å². The highest BCUT2D eigenvalue weighted by Crippen LogP contribution is 2.22. The molecule has 9 nitrogen and oxygen atoms in total. The first-order valence-corrected chi connectivity index (χ1v) is 12.8. The van der Waals surface area contributed by atoms with Gasteiger partial charge in [-0.05, 0) is 31.4 Å². The summed E-state index contributed by atoms with van der Waals surface area (Å²) in [6.45, 7) is 6.40. The molecule has 1 aromatic carbocycles. The SMILES string of the molecule is CCCNC(=O)CN1CCN(C(=O)CCCCCN=C2NS(=O)(=O)c3ccccc32)CC1. The number of sulfonamides is 1. The number of amides is 2. The molecule has 0 saturated carbocycles. The van der Waals surface area contributed by atoms with Gasteiger partial charge in [0.1, 0.15) is 5.84 Å². The third-order valence-electron chi connectivity index (χ3n) is 5.65. The number of nitrogens with zero attached hydrogens (tertiary/aromatic N) is 3. The Morgan fingerprint density at radius 3 is 2.59 bits per heavy atom. The molecular formula is C22H33N5O4S. The Balaban J connectivity index is 1.31. The number of hydrogen-bond donors (Lipinski definition) is 2. The molecule has 0 radical (unpaired) electrons. The Bertz CT molecular complexity index is 939. The van der Waals surface area contributed by atoms with Crippen LogP contribution in [0, 0.1) is 0 Å². The molecular weight excluding hydrogens is 430 g/mol. The van der Waals surface area contributed by atoms with Crippen LogP contribution in [0.15, 0.2) is 34.2 Å². The molecule has 0 spiro atoms. The van der Waals surface area contributed by atoms with Crippen LogP contribution in [0.4, 0.5) is 0 Å². The Hall–Kier alpha value is -2.46. The maximum absolute atomic E-state index is 12.4. The van der Waals surface area contributed by atoms with Crippen LogP contribution >= 0.6 is 0 Å². The van der Waals surface area contributed by atoms with E-state index in [4.69, 9.17) is 0 Å². The third-order valence-corrected chi connectivity index (χ3v) is 7.04. The molecule has 1 aromatic rings. The van der Waals surface area contributed by atoms with Gasteiger partial charge in [-0.25, -0.2) is 8.42 Å². The molecule has 1 saturated heterocycles. The van der Waals surface area contributed by atoms with E-state index in [1.54, 1.807) is 24.3 Å². The quantitative estimate of drug-likeness (QED) is 0.502. The minimum absolute atomic E-state index is 0.0455. The van der Waals surface area contributed by atoms with E-state index in [0.717, 1.165) is 38.8 Å². The molecule has 32 heavy (non-hydrogen) atoms. The van der Waals surface area contributed by atoms with Crippen molar-refractivity contribution in [1.29, 1.82) is 0 Å². The summed E-state index contributed by atoms with van der Waals surface area (Å²) in [5, 5.41) is 2.88. The number of amidine groups is 1. The van der Waals surface area contributed by atoms with Gasteiger partial charge in [0.15, 0.2) is 0 Å². The number of hydrogen-bond acceptors (Lipinski definition) is 6. The fourth-order valence-corrected chi connectivity index (χ4v) is 5.09. The molecule has 0 aliphatic carbocycles. The zero-order valence-corrected chi connectivity index (χ0v) is 19.5. The summed E-state index contributed by atoms with van der Waals surface area (Å²) in [4.78, 5) is 32.9. The Morgan fingerprint density at radius 1 is 1.09 bits per heavy atom. The summed E-state index contributed by atoms with van der Waals surface area (Å²) in [6, 6.07) is 6.82. The second-order valence-corrected chi connectivity index (χ2v) is 9.80. The van der Waals surface area contributed by atoms with Crippen LogP contribution in [0.25, 0.3) is 0 Å². The van der Waals surface area contributed by atoms with Gasteiger partial charge < -0.3 is 10.2 Å². The number of carbonyl (C=O) groups excluding carboxylic acids is 2. The zero-order valence-electron chi connectivity index (χ0n) is 18.7. The van der Waals surface area contributed by atoms with Crippen molar-refractivity contribution < 1.29 is 18.0 Å². The molecule has 0 bridgehead atoms. The summed E-state index contributed by atoms with van der Waals surface area (Å²) in [6.07, 6.45) is 3.86. The van der Waals surface area contributed by atoms with Crippen LogP contribution in [-0.4, -0.2) is 81.7 Å². The van der Waals surface area contributed by atoms with Crippen LogP contribution < -0.4 is 10.0 Å². The van der Waals surface area contributed by atoms with Crippen LogP contribution in [0.5, 0.6) is 0 Å². The zero-order chi connectivity index (χ0) is 23.0. The van der Waals surface area contributed by atoms with Crippen molar-refractivity contribution >= 4 is 27.7 Å². The van der Waals surface area contributed by atoms with E-state index in [-0.39, 0.29) is 16.7 Å². The van der Waals surface area contributed by atoms with E-state index in [0.29, 0.717) is 50.5 Å². The predicted molar refractivity (Wildman–Crippen MR) is 123 cm³/mol. The van der Waals surface area contributed by atoms with Gasteiger partial charge in [0, 0.05) is 51.3 Å². The van der Waals surface area contributed by atoms with E-state index in [1.165, 1.54) is 0 Å². The number of rotatable bonds is 10. The number of nitrogens with one attached hydrogen (secondary N) is 2. The first-order chi connectivity index (χ1) is 15.4. The normalized spacial score (nSPS) is 18.9. The molecule has 0 atom stereocenters. The Labute approximate surface area is 190 Å². The molecule has 2 heterocycles. The van der Waals surface area contributed by atoms with Gasteiger partial charge in [0.05, 0.1) is 11.4 Å². The Kier molecular flexibility index (Phi) is 8.63. The van der Waals surface area contributed by atoms with Crippen LogP contribution in [0.1, 0.15) is 44.6 Å². The first-order valence-electron chi connectivity index (χ1n) is 11.3. The number of benzene rings is 1. The van der Waals surface area contributed by atoms with Crippen LogP contribution in [0.3, 0.4) is 0 Å². The third kappa shape index (κ3) is 6.52. The van der Waals surface area contributed by atoms with Gasteiger partial charge in [-0.1, -0.05) is 25.5 Å². The van der Waals surface area contributed by atoms with Gasteiger partial charge in [0.25, 0.3) is 10.0 Å². The van der Waals surface area contributed by atoms with E-state index in [9.17, 15) is 18.0 Å². The summed E-state index contributed by atoms with van der Waals surface area (Å²) < 4.78 is 26.7. The number of unbranched alkanes of at least 4 members (excludes halogenated alkanes) is 2. The average molecular weight is 464 g/mol. The molecule has 1 fully saturated rings. The van der Waals surface area contributed by atoms with Crippen molar-refractivity contribution in [3.63, 3.8) is 0 Å². The second-order valence-electron chi connectivity index (χ2n) is 8.15. The first kappa shape index (κ1) is 24.2. The van der Waals surface area contributed by atoms with E-state index >= 15 is 0 Å². The van der Waals surface area contributed by atoms with Gasteiger partial charge in [-0.3, -0.25) is 24.2 Å². The Morgan fingerprint density at radius 2 is 1.84 bits per heavy atom. The van der Waals surface area contributed by atoms with E-state index in [1.807, 2.05) is 11.8 Å². The molecule has 0 unspecified atom stereocenters. The number of piperazine rings is 1.